The van der Waals surface area contributed by atoms with Crippen LogP contribution in [-0.2, 0) is 11.3 Å². The number of aliphatic imine (C=N–C) groups is 1. The number of anilines is 1. The first kappa shape index (κ1) is 19.8. The molecule has 5 rings (SSSR count). The third kappa shape index (κ3) is 3.68. The number of amides is 1. The van der Waals surface area contributed by atoms with Crippen LogP contribution >= 0.6 is 11.8 Å². The summed E-state index contributed by atoms with van der Waals surface area (Å²) in [6, 6.07) is 19.0. The summed E-state index contributed by atoms with van der Waals surface area (Å²) in [6.07, 6.45) is 1.84. The summed E-state index contributed by atoms with van der Waals surface area (Å²) < 4.78 is 0. The molecule has 3 aliphatic heterocycles. The van der Waals surface area contributed by atoms with Crippen molar-refractivity contribution in [2.45, 2.75) is 36.7 Å². The number of hydrogen-bond donors (Lipinski definition) is 0. The van der Waals surface area contributed by atoms with E-state index in [9.17, 15) is 4.79 Å². The molecule has 0 N–H and O–H groups in total. The number of carbonyl (C=O) groups excluding carboxylic acids is 1. The van der Waals surface area contributed by atoms with Crippen LogP contribution in [0.25, 0.3) is 0 Å². The average molecular weight is 421 g/mol. The number of benzene rings is 2. The Kier molecular flexibility index (Phi) is 5.39. The Hall–Kier alpha value is -2.15. The number of thioether (sulfide) groups is 1. The third-order valence-electron chi connectivity index (χ3n) is 6.50. The predicted octanol–water partition coefficient (Wildman–Crippen LogP) is 3.85. The Bertz CT molecular complexity index is 955. The molecule has 0 saturated carbocycles. The van der Waals surface area contributed by atoms with Crippen molar-refractivity contribution in [3.8, 4) is 0 Å². The van der Waals surface area contributed by atoms with E-state index in [1.807, 2.05) is 12.1 Å². The molecule has 0 radical (unpaired) electrons. The van der Waals surface area contributed by atoms with Crippen molar-refractivity contribution in [1.82, 2.24) is 9.80 Å². The molecule has 0 bridgehead atoms. The van der Waals surface area contributed by atoms with Gasteiger partial charge in [-0.1, -0.05) is 42.5 Å². The molecule has 0 aliphatic carbocycles. The van der Waals surface area contributed by atoms with Crippen molar-refractivity contribution in [2.75, 3.05) is 37.6 Å². The number of amidine groups is 1. The Balaban J connectivity index is 1.14. The molecule has 1 atom stereocenters. The number of para-hydroxylation sites is 1. The van der Waals surface area contributed by atoms with Crippen LogP contribution in [0.15, 0.2) is 64.5 Å². The number of rotatable bonds is 6. The van der Waals surface area contributed by atoms with E-state index < -0.39 is 5.54 Å². The van der Waals surface area contributed by atoms with Gasteiger partial charge in [-0.25, -0.2) is 0 Å². The SMILES string of the molecule is CC1(CCCN2CCN(Cc3ccccc3)CC2)C(=O)N=C2Sc3ccccc3N21. The average Bonchev–Trinajstić information content (AvgIpc) is 3.24. The summed E-state index contributed by atoms with van der Waals surface area (Å²) in [6.45, 7) is 8.55. The Morgan fingerprint density at radius 1 is 0.967 bits per heavy atom. The third-order valence-corrected chi connectivity index (χ3v) is 7.52. The maximum Gasteiger partial charge on any atom is 0.274 e. The van der Waals surface area contributed by atoms with E-state index in [0.717, 1.165) is 63.0 Å². The lowest BCUT2D eigenvalue weighted by Gasteiger charge is -2.36. The summed E-state index contributed by atoms with van der Waals surface area (Å²) in [5.74, 6) is 0.00665. The zero-order valence-corrected chi connectivity index (χ0v) is 18.3. The van der Waals surface area contributed by atoms with Gasteiger partial charge in [0.2, 0.25) is 0 Å². The Morgan fingerprint density at radius 3 is 2.47 bits per heavy atom. The van der Waals surface area contributed by atoms with E-state index in [-0.39, 0.29) is 5.91 Å². The number of piperazine rings is 1. The van der Waals surface area contributed by atoms with Crippen molar-refractivity contribution >= 4 is 28.5 Å². The van der Waals surface area contributed by atoms with Crippen molar-refractivity contribution in [3.63, 3.8) is 0 Å². The maximum absolute atomic E-state index is 12.8. The zero-order valence-electron chi connectivity index (χ0n) is 17.5. The van der Waals surface area contributed by atoms with Gasteiger partial charge in [-0.05, 0) is 55.8 Å². The minimum atomic E-state index is -0.552. The van der Waals surface area contributed by atoms with Crippen molar-refractivity contribution < 1.29 is 4.79 Å². The van der Waals surface area contributed by atoms with E-state index in [0.29, 0.717) is 0 Å². The number of hydrogen-bond acceptors (Lipinski definition) is 5. The fourth-order valence-electron chi connectivity index (χ4n) is 4.71. The summed E-state index contributed by atoms with van der Waals surface area (Å²) in [5.41, 5.74) is 1.96. The Morgan fingerprint density at radius 2 is 1.67 bits per heavy atom. The first-order chi connectivity index (χ1) is 14.6. The van der Waals surface area contributed by atoms with Crippen LogP contribution in [0.5, 0.6) is 0 Å². The molecule has 5 nitrogen and oxygen atoms in total. The van der Waals surface area contributed by atoms with Gasteiger partial charge in [-0.15, -0.1) is 0 Å². The highest BCUT2D eigenvalue weighted by molar-refractivity contribution is 8.14. The number of fused-ring (bicyclic) bond motifs is 3. The maximum atomic E-state index is 12.8. The van der Waals surface area contributed by atoms with Gasteiger partial charge < -0.3 is 9.80 Å². The van der Waals surface area contributed by atoms with Crippen LogP contribution in [-0.4, -0.2) is 59.1 Å². The standard InChI is InChI=1S/C24H28N4OS/c1-24(22(29)25-23-28(24)20-10-5-6-11-21(20)30-23)12-7-13-26-14-16-27(17-15-26)18-19-8-3-2-4-9-19/h2-6,8-11H,7,12-18H2,1H3. The fraction of sp³-hybridized carbons (Fsp3) is 0.417. The number of nitrogens with zero attached hydrogens (tertiary/aromatic N) is 4. The van der Waals surface area contributed by atoms with E-state index in [4.69, 9.17) is 0 Å². The van der Waals surface area contributed by atoms with Crippen LogP contribution in [0.3, 0.4) is 0 Å². The zero-order chi connectivity index (χ0) is 20.6. The lowest BCUT2D eigenvalue weighted by Crippen LogP contribution is -2.49. The minimum Gasteiger partial charge on any atom is -0.304 e. The quantitative estimate of drug-likeness (QED) is 0.710. The molecule has 1 amide bonds. The highest BCUT2D eigenvalue weighted by Crippen LogP contribution is 2.48. The molecule has 156 valence electrons. The molecule has 1 saturated heterocycles. The van der Waals surface area contributed by atoms with Crippen molar-refractivity contribution in [1.29, 1.82) is 0 Å². The van der Waals surface area contributed by atoms with Crippen LogP contribution in [0.4, 0.5) is 5.69 Å². The van der Waals surface area contributed by atoms with E-state index in [1.54, 1.807) is 11.8 Å². The summed E-state index contributed by atoms with van der Waals surface area (Å²) in [5, 5.41) is 0.846. The molecule has 3 heterocycles. The highest BCUT2D eigenvalue weighted by Gasteiger charge is 2.50. The van der Waals surface area contributed by atoms with E-state index >= 15 is 0 Å². The van der Waals surface area contributed by atoms with Gasteiger partial charge in [-0.2, -0.15) is 4.99 Å². The molecule has 3 aliphatic rings. The smallest absolute Gasteiger partial charge is 0.274 e. The van der Waals surface area contributed by atoms with Crippen molar-refractivity contribution in [3.05, 3.63) is 60.2 Å². The first-order valence-electron chi connectivity index (χ1n) is 10.8. The van der Waals surface area contributed by atoms with E-state index in [2.05, 4.69) is 69.1 Å². The first-order valence-corrected chi connectivity index (χ1v) is 11.6. The molecular formula is C24H28N4OS. The van der Waals surface area contributed by atoms with Gasteiger partial charge in [0.05, 0.1) is 5.69 Å². The van der Waals surface area contributed by atoms with Gasteiger partial charge in [-0.3, -0.25) is 9.69 Å². The normalized spacial score (nSPS) is 24.1. The lowest BCUT2D eigenvalue weighted by atomic mass is 9.93. The van der Waals surface area contributed by atoms with Crippen LogP contribution in [0.2, 0.25) is 0 Å². The molecule has 2 aromatic rings. The van der Waals surface area contributed by atoms with Gasteiger partial charge in [0, 0.05) is 37.6 Å². The molecular weight excluding hydrogens is 392 g/mol. The Labute approximate surface area is 182 Å². The molecule has 1 unspecified atom stereocenters. The van der Waals surface area contributed by atoms with Crippen LogP contribution < -0.4 is 4.90 Å². The van der Waals surface area contributed by atoms with Crippen LogP contribution in [0.1, 0.15) is 25.3 Å². The second-order valence-electron chi connectivity index (χ2n) is 8.59. The second-order valence-corrected chi connectivity index (χ2v) is 9.59. The van der Waals surface area contributed by atoms with Gasteiger partial charge >= 0.3 is 0 Å². The summed E-state index contributed by atoms with van der Waals surface area (Å²) in [7, 11) is 0. The summed E-state index contributed by atoms with van der Waals surface area (Å²) in [4.78, 5) is 25.6. The van der Waals surface area contributed by atoms with Crippen LogP contribution in [0, 0.1) is 0 Å². The molecule has 30 heavy (non-hydrogen) atoms. The van der Waals surface area contributed by atoms with Gasteiger partial charge in [0.25, 0.3) is 5.91 Å². The predicted molar refractivity (Wildman–Crippen MR) is 123 cm³/mol. The highest BCUT2D eigenvalue weighted by atomic mass is 32.2. The fourth-order valence-corrected chi connectivity index (χ4v) is 5.83. The van der Waals surface area contributed by atoms with Gasteiger partial charge in [0.15, 0.2) is 5.17 Å². The number of carbonyl (C=O) groups is 1. The topological polar surface area (TPSA) is 39.1 Å². The molecule has 0 aromatic heterocycles. The van der Waals surface area contributed by atoms with Gasteiger partial charge in [0.1, 0.15) is 5.54 Å². The lowest BCUT2D eigenvalue weighted by molar-refractivity contribution is -0.121. The molecule has 1 fully saturated rings. The minimum absolute atomic E-state index is 0.00665. The summed E-state index contributed by atoms with van der Waals surface area (Å²) >= 11 is 1.61. The largest absolute Gasteiger partial charge is 0.304 e. The molecule has 6 heteroatoms. The molecule has 0 spiro atoms. The molecule has 2 aromatic carbocycles. The van der Waals surface area contributed by atoms with E-state index in [1.165, 1.54) is 10.5 Å². The second kappa shape index (κ2) is 8.17. The van der Waals surface area contributed by atoms with Crippen molar-refractivity contribution in [2.24, 2.45) is 4.99 Å². The monoisotopic (exact) mass is 420 g/mol.